The highest BCUT2D eigenvalue weighted by molar-refractivity contribution is 8.02. The summed E-state index contributed by atoms with van der Waals surface area (Å²) in [7, 11) is 0. The van der Waals surface area contributed by atoms with Crippen LogP contribution in [0.4, 0.5) is 14.6 Å². The van der Waals surface area contributed by atoms with E-state index in [0.717, 1.165) is 22.2 Å². The van der Waals surface area contributed by atoms with Gasteiger partial charge in [0.05, 0.1) is 0 Å². The second-order valence-electron chi connectivity index (χ2n) is 2.89. The molecule has 3 N–H and O–H groups in total. The lowest BCUT2D eigenvalue weighted by Gasteiger charge is -2.04. The molecule has 0 atom stereocenters. The third kappa shape index (κ3) is 2.88. The lowest BCUT2D eigenvalue weighted by Crippen LogP contribution is -2.11. The van der Waals surface area contributed by atoms with Crippen molar-refractivity contribution in [3.63, 3.8) is 0 Å². The van der Waals surface area contributed by atoms with Crippen LogP contribution in [0.15, 0.2) is 19.8 Å². The molecule has 0 bridgehead atoms. The first-order valence-electron chi connectivity index (χ1n) is 4.52. The summed E-state index contributed by atoms with van der Waals surface area (Å²) in [6.45, 7) is 0. The number of nitrogen functional groups attached to an aromatic ring is 1. The minimum atomic E-state index is -0.846. The Morgan fingerprint density at radius 3 is 2.61 bits per heavy atom. The van der Waals surface area contributed by atoms with Gasteiger partial charge in [-0.2, -0.15) is 0 Å². The molecule has 2 aromatic rings. The van der Waals surface area contributed by atoms with E-state index in [1.54, 1.807) is 0 Å². The largest absolute Gasteiger partial charge is 0.306 e. The molecule has 0 aromatic carbocycles. The Hall–Kier alpha value is -0.970. The van der Waals surface area contributed by atoms with Gasteiger partial charge in [0.25, 0.3) is 0 Å². The molecule has 96 valence electrons. The highest BCUT2D eigenvalue weighted by Crippen LogP contribution is 2.34. The molecule has 0 aliphatic carbocycles. The van der Waals surface area contributed by atoms with Crippen LogP contribution < -0.4 is 11.3 Å². The summed E-state index contributed by atoms with van der Waals surface area (Å²) in [4.78, 5) is 3.73. The summed E-state index contributed by atoms with van der Waals surface area (Å²) in [5.41, 5.74) is 2.06. The highest BCUT2D eigenvalue weighted by atomic mass is 32.2. The molecule has 0 aliphatic rings. The van der Waals surface area contributed by atoms with Crippen molar-refractivity contribution in [3.05, 3.63) is 17.7 Å². The Labute approximate surface area is 114 Å². The fraction of sp³-hybridized carbons (Fsp3) is 0.125. The van der Waals surface area contributed by atoms with Gasteiger partial charge in [-0.3, -0.25) is 0 Å². The number of nitrogens with zero attached hydrogens (tertiary/aromatic N) is 3. The van der Waals surface area contributed by atoms with E-state index in [1.165, 1.54) is 23.1 Å². The number of hydrogen-bond donors (Lipinski definition) is 2. The average Bonchev–Trinajstić information content (AvgIpc) is 2.80. The summed E-state index contributed by atoms with van der Waals surface area (Å²) in [6, 6.07) is 0.723. The maximum Gasteiger partial charge on any atom is 0.181 e. The number of pyridine rings is 1. The van der Waals surface area contributed by atoms with E-state index >= 15 is 0 Å². The van der Waals surface area contributed by atoms with Crippen molar-refractivity contribution in [1.82, 2.24) is 15.2 Å². The fourth-order valence-corrected chi connectivity index (χ4v) is 3.37. The lowest BCUT2D eigenvalue weighted by atomic mass is 10.4. The normalized spacial score (nSPS) is 10.7. The van der Waals surface area contributed by atoms with Gasteiger partial charge in [-0.15, -0.1) is 10.2 Å². The second-order valence-corrected chi connectivity index (χ2v) is 6.16. The molecule has 0 radical (unpaired) electrons. The van der Waals surface area contributed by atoms with Gasteiger partial charge in [0.15, 0.2) is 26.1 Å². The van der Waals surface area contributed by atoms with E-state index in [9.17, 15) is 8.78 Å². The van der Waals surface area contributed by atoms with Gasteiger partial charge < -0.3 is 5.43 Å². The maximum atomic E-state index is 13.5. The summed E-state index contributed by atoms with van der Waals surface area (Å²) in [5, 5.41) is 7.72. The zero-order valence-electron chi connectivity index (χ0n) is 8.98. The van der Waals surface area contributed by atoms with Crippen molar-refractivity contribution >= 4 is 40.7 Å². The zero-order chi connectivity index (χ0) is 13.1. The van der Waals surface area contributed by atoms with E-state index in [2.05, 4.69) is 20.6 Å². The molecule has 2 aromatic heterocycles. The number of aromatic nitrogens is 3. The number of thioether (sulfide) groups is 1. The number of rotatable bonds is 4. The Bertz CT molecular complexity index is 562. The van der Waals surface area contributed by atoms with E-state index in [1.807, 2.05) is 6.26 Å². The van der Waals surface area contributed by atoms with Crippen molar-refractivity contribution in [2.24, 2.45) is 5.84 Å². The third-order valence-corrected chi connectivity index (χ3v) is 4.71. The topological polar surface area (TPSA) is 76.7 Å². The van der Waals surface area contributed by atoms with Crippen LogP contribution in [0.1, 0.15) is 0 Å². The first kappa shape index (κ1) is 13.5. The van der Waals surface area contributed by atoms with Crippen LogP contribution in [0.25, 0.3) is 0 Å². The minimum absolute atomic E-state index is 0.00634. The summed E-state index contributed by atoms with van der Waals surface area (Å²) in [5.74, 6) is 3.25. The Morgan fingerprint density at radius 1 is 1.28 bits per heavy atom. The first-order chi connectivity index (χ1) is 8.63. The van der Waals surface area contributed by atoms with Crippen LogP contribution in [-0.4, -0.2) is 21.4 Å². The van der Waals surface area contributed by atoms with Crippen molar-refractivity contribution in [2.45, 2.75) is 13.7 Å². The second kappa shape index (κ2) is 5.78. The standard InChI is InChI=1S/C8H7F2N5S3/c1-16-7-14-15-8(18-7)17-6-4(10)2-3(9)5(12-6)13-11/h2H,11H2,1H3,(H,12,13). The number of halogens is 2. The monoisotopic (exact) mass is 307 g/mol. The van der Waals surface area contributed by atoms with Crippen LogP contribution >= 0.6 is 34.9 Å². The molecular weight excluding hydrogens is 300 g/mol. The molecule has 18 heavy (non-hydrogen) atoms. The Kier molecular flexibility index (Phi) is 4.32. The molecule has 0 amide bonds. The molecule has 0 aliphatic heterocycles. The molecule has 0 spiro atoms. The highest BCUT2D eigenvalue weighted by Gasteiger charge is 2.14. The van der Waals surface area contributed by atoms with Crippen LogP contribution in [0.5, 0.6) is 0 Å². The van der Waals surface area contributed by atoms with Crippen molar-refractivity contribution < 1.29 is 8.78 Å². The van der Waals surface area contributed by atoms with Gasteiger partial charge in [-0.05, 0) is 18.0 Å². The predicted octanol–water partition coefficient (Wildman–Crippen LogP) is 2.37. The SMILES string of the molecule is CSc1nnc(Sc2nc(NN)c(F)cc2F)s1. The van der Waals surface area contributed by atoms with Gasteiger partial charge >= 0.3 is 0 Å². The van der Waals surface area contributed by atoms with E-state index in [0.29, 0.717) is 4.34 Å². The molecule has 0 unspecified atom stereocenters. The first-order valence-corrected chi connectivity index (χ1v) is 7.38. The molecule has 0 fully saturated rings. The molecule has 10 heteroatoms. The quantitative estimate of drug-likeness (QED) is 0.510. The summed E-state index contributed by atoms with van der Waals surface area (Å²) >= 11 is 3.72. The van der Waals surface area contributed by atoms with Crippen LogP contribution in [0.3, 0.4) is 0 Å². The minimum Gasteiger partial charge on any atom is -0.306 e. The van der Waals surface area contributed by atoms with Crippen LogP contribution in [-0.2, 0) is 0 Å². The van der Waals surface area contributed by atoms with Gasteiger partial charge in [0, 0.05) is 6.07 Å². The smallest absolute Gasteiger partial charge is 0.181 e. The zero-order valence-corrected chi connectivity index (χ0v) is 11.4. The fourth-order valence-electron chi connectivity index (χ4n) is 1.03. The van der Waals surface area contributed by atoms with E-state index in [4.69, 9.17) is 5.84 Å². The molecule has 2 heterocycles. The van der Waals surface area contributed by atoms with Crippen LogP contribution in [0.2, 0.25) is 0 Å². The van der Waals surface area contributed by atoms with Gasteiger partial charge in [-0.25, -0.2) is 19.6 Å². The average molecular weight is 307 g/mol. The molecule has 0 saturated carbocycles. The molecular formula is C8H7F2N5S3. The number of nitrogens with one attached hydrogen (secondary N) is 1. The third-order valence-electron chi connectivity index (χ3n) is 1.78. The van der Waals surface area contributed by atoms with Crippen LogP contribution in [0, 0.1) is 11.6 Å². The number of hydrogen-bond acceptors (Lipinski definition) is 8. The number of nitrogens with two attached hydrogens (primary N) is 1. The van der Waals surface area contributed by atoms with Crippen molar-refractivity contribution in [3.8, 4) is 0 Å². The molecule has 0 saturated heterocycles. The van der Waals surface area contributed by atoms with Gasteiger partial charge in [0.1, 0.15) is 5.03 Å². The Morgan fingerprint density at radius 2 is 2.00 bits per heavy atom. The molecule has 2 rings (SSSR count). The van der Waals surface area contributed by atoms with E-state index in [-0.39, 0.29) is 10.8 Å². The van der Waals surface area contributed by atoms with Gasteiger partial charge in [-0.1, -0.05) is 23.1 Å². The summed E-state index contributed by atoms with van der Waals surface area (Å²) < 4.78 is 27.9. The van der Waals surface area contributed by atoms with Crippen molar-refractivity contribution in [1.29, 1.82) is 0 Å². The number of hydrazine groups is 1. The summed E-state index contributed by atoms with van der Waals surface area (Å²) in [6.07, 6.45) is 1.86. The Balaban J connectivity index is 2.28. The number of anilines is 1. The van der Waals surface area contributed by atoms with E-state index < -0.39 is 11.6 Å². The van der Waals surface area contributed by atoms with Crippen molar-refractivity contribution in [2.75, 3.05) is 11.7 Å². The molecule has 5 nitrogen and oxygen atoms in total. The lowest BCUT2D eigenvalue weighted by molar-refractivity contribution is 0.551. The predicted molar refractivity (Wildman–Crippen MR) is 67.8 cm³/mol. The van der Waals surface area contributed by atoms with Gasteiger partial charge in [0.2, 0.25) is 0 Å². The maximum absolute atomic E-state index is 13.5.